The van der Waals surface area contributed by atoms with Crippen LogP contribution in [0.3, 0.4) is 0 Å². The second-order valence-electron chi connectivity index (χ2n) is 6.26. The summed E-state index contributed by atoms with van der Waals surface area (Å²) in [5.41, 5.74) is 4.59. The van der Waals surface area contributed by atoms with Gasteiger partial charge in [-0.1, -0.05) is 41.7 Å². The van der Waals surface area contributed by atoms with Gasteiger partial charge in [0.15, 0.2) is 5.13 Å². The van der Waals surface area contributed by atoms with Crippen LogP contribution >= 0.6 is 11.3 Å². The average Bonchev–Trinajstić information content (AvgIpc) is 3.28. The van der Waals surface area contributed by atoms with Crippen LogP contribution in [0.2, 0.25) is 0 Å². The fraction of sp³-hybridized carbons (Fsp3) is 0.0952. The second-order valence-corrected chi connectivity index (χ2v) is 7.26. The molecule has 4 rings (SSSR count). The van der Waals surface area contributed by atoms with Crippen molar-refractivity contribution in [2.24, 2.45) is 0 Å². The Morgan fingerprint density at radius 3 is 2.44 bits per heavy atom. The first-order valence-corrected chi connectivity index (χ1v) is 9.38. The monoisotopic (exact) mass is 374 g/mol. The van der Waals surface area contributed by atoms with Crippen LogP contribution < -0.4 is 5.32 Å². The summed E-state index contributed by atoms with van der Waals surface area (Å²) in [7, 11) is 0. The molecule has 0 saturated heterocycles. The van der Waals surface area contributed by atoms with Crippen molar-refractivity contribution in [3.05, 3.63) is 83.8 Å². The molecule has 2 aromatic carbocycles. The van der Waals surface area contributed by atoms with Gasteiger partial charge in [0, 0.05) is 11.8 Å². The quantitative estimate of drug-likeness (QED) is 0.555. The van der Waals surface area contributed by atoms with Crippen molar-refractivity contribution >= 4 is 22.4 Å². The van der Waals surface area contributed by atoms with Gasteiger partial charge < -0.3 is 0 Å². The lowest BCUT2D eigenvalue weighted by atomic mass is 10.2. The molecule has 6 heteroatoms. The number of nitrogens with one attached hydrogen (secondary N) is 1. The summed E-state index contributed by atoms with van der Waals surface area (Å²) in [5, 5.41) is 7.78. The lowest BCUT2D eigenvalue weighted by molar-refractivity contribution is 0.102. The molecule has 2 heterocycles. The van der Waals surface area contributed by atoms with Crippen molar-refractivity contribution in [2.75, 3.05) is 5.32 Å². The van der Waals surface area contributed by atoms with Gasteiger partial charge in [0.05, 0.1) is 22.5 Å². The molecular formula is C21H18N4OS. The van der Waals surface area contributed by atoms with Gasteiger partial charge in [0.1, 0.15) is 0 Å². The molecule has 1 amide bonds. The molecule has 2 aromatic heterocycles. The van der Waals surface area contributed by atoms with Crippen molar-refractivity contribution in [1.82, 2.24) is 14.8 Å². The second kappa shape index (κ2) is 7.17. The van der Waals surface area contributed by atoms with E-state index in [2.05, 4.69) is 15.4 Å². The molecule has 0 radical (unpaired) electrons. The molecule has 0 atom stereocenters. The molecule has 0 fully saturated rings. The summed E-state index contributed by atoms with van der Waals surface area (Å²) in [6.07, 6.45) is 3.74. The molecule has 0 unspecified atom stereocenters. The number of thiazole rings is 1. The van der Waals surface area contributed by atoms with E-state index in [9.17, 15) is 4.79 Å². The maximum atomic E-state index is 12.6. The molecule has 0 saturated carbocycles. The highest BCUT2D eigenvalue weighted by Crippen LogP contribution is 2.32. The van der Waals surface area contributed by atoms with E-state index in [-0.39, 0.29) is 5.91 Å². The molecule has 27 heavy (non-hydrogen) atoms. The topological polar surface area (TPSA) is 59.8 Å². The van der Waals surface area contributed by atoms with E-state index in [1.807, 2.05) is 62.5 Å². The predicted octanol–water partition coefficient (Wildman–Crippen LogP) is 4.86. The van der Waals surface area contributed by atoms with E-state index in [1.54, 1.807) is 23.0 Å². The lowest BCUT2D eigenvalue weighted by Crippen LogP contribution is -2.11. The lowest BCUT2D eigenvalue weighted by Gasteiger charge is -2.04. The highest BCUT2D eigenvalue weighted by Gasteiger charge is 2.13. The largest absolute Gasteiger partial charge is 0.298 e. The molecule has 0 bridgehead atoms. The number of nitrogens with zero attached hydrogens (tertiary/aromatic N) is 3. The highest BCUT2D eigenvalue weighted by atomic mass is 32.1. The smallest absolute Gasteiger partial charge is 0.257 e. The van der Waals surface area contributed by atoms with Gasteiger partial charge in [-0.2, -0.15) is 5.10 Å². The Morgan fingerprint density at radius 2 is 1.78 bits per heavy atom. The summed E-state index contributed by atoms with van der Waals surface area (Å²) < 4.78 is 1.79. The van der Waals surface area contributed by atoms with E-state index in [0.717, 1.165) is 27.4 Å². The Labute approximate surface area is 161 Å². The Kier molecular flexibility index (Phi) is 4.56. The molecule has 134 valence electrons. The Balaban J connectivity index is 1.51. The van der Waals surface area contributed by atoms with Gasteiger partial charge in [-0.3, -0.25) is 10.1 Å². The fourth-order valence-corrected chi connectivity index (χ4v) is 3.76. The molecule has 0 aliphatic carbocycles. The number of amides is 1. The maximum Gasteiger partial charge on any atom is 0.257 e. The van der Waals surface area contributed by atoms with Crippen molar-refractivity contribution in [1.29, 1.82) is 0 Å². The third-order valence-corrected chi connectivity index (χ3v) is 5.28. The van der Waals surface area contributed by atoms with Crippen molar-refractivity contribution in [2.45, 2.75) is 13.8 Å². The van der Waals surface area contributed by atoms with Crippen LogP contribution in [0.15, 0.2) is 67.0 Å². The molecule has 0 aliphatic heterocycles. The number of hydrogen-bond donors (Lipinski definition) is 1. The third kappa shape index (κ3) is 3.66. The number of aromatic nitrogens is 3. The summed E-state index contributed by atoms with van der Waals surface area (Å²) in [5.74, 6) is -0.174. The van der Waals surface area contributed by atoms with E-state index in [0.29, 0.717) is 10.7 Å². The van der Waals surface area contributed by atoms with Gasteiger partial charge in [-0.25, -0.2) is 9.67 Å². The van der Waals surface area contributed by atoms with Crippen LogP contribution in [0.4, 0.5) is 5.13 Å². The summed E-state index contributed by atoms with van der Waals surface area (Å²) in [6.45, 7) is 3.94. The van der Waals surface area contributed by atoms with E-state index < -0.39 is 0 Å². The zero-order chi connectivity index (χ0) is 18.8. The average molecular weight is 374 g/mol. The number of anilines is 1. The molecule has 0 spiro atoms. The fourth-order valence-electron chi connectivity index (χ4n) is 2.80. The van der Waals surface area contributed by atoms with Crippen molar-refractivity contribution < 1.29 is 4.79 Å². The van der Waals surface area contributed by atoms with Crippen LogP contribution in [0.1, 0.15) is 21.6 Å². The number of rotatable bonds is 4. The minimum atomic E-state index is -0.174. The van der Waals surface area contributed by atoms with Crippen LogP contribution in [-0.4, -0.2) is 20.7 Å². The van der Waals surface area contributed by atoms with Crippen LogP contribution in [0, 0.1) is 13.8 Å². The SMILES string of the molecule is Cc1cnn(-c2ccc(C(=O)Nc3nc(C)c(-c4ccccc4)s3)cc2)c1. The van der Waals surface area contributed by atoms with Crippen molar-refractivity contribution in [3.63, 3.8) is 0 Å². The van der Waals surface area contributed by atoms with Gasteiger partial charge in [-0.05, 0) is 49.2 Å². The normalized spacial score (nSPS) is 10.7. The molecule has 4 aromatic rings. The number of carbonyl (C=O) groups is 1. The standard InChI is InChI=1S/C21H18N4OS/c1-14-12-22-25(13-14)18-10-8-17(9-11-18)20(26)24-21-23-15(2)19(27-21)16-6-4-3-5-7-16/h3-13H,1-2H3,(H,23,24,26). The van der Waals surface area contributed by atoms with Gasteiger partial charge in [0.2, 0.25) is 0 Å². The Morgan fingerprint density at radius 1 is 1.04 bits per heavy atom. The third-order valence-electron chi connectivity index (χ3n) is 4.16. The summed E-state index contributed by atoms with van der Waals surface area (Å²) >= 11 is 1.48. The maximum absolute atomic E-state index is 12.6. The minimum absolute atomic E-state index is 0.174. The molecule has 5 nitrogen and oxygen atoms in total. The minimum Gasteiger partial charge on any atom is -0.298 e. The Hall–Kier alpha value is -3.25. The van der Waals surface area contributed by atoms with Gasteiger partial charge >= 0.3 is 0 Å². The van der Waals surface area contributed by atoms with Crippen LogP contribution in [0.25, 0.3) is 16.1 Å². The first-order valence-electron chi connectivity index (χ1n) is 8.56. The zero-order valence-electron chi connectivity index (χ0n) is 15.0. The first kappa shape index (κ1) is 17.2. The van der Waals surface area contributed by atoms with Crippen molar-refractivity contribution in [3.8, 4) is 16.1 Å². The summed E-state index contributed by atoms with van der Waals surface area (Å²) in [4.78, 5) is 18.1. The summed E-state index contributed by atoms with van der Waals surface area (Å²) in [6, 6.07) is 17.4. The molecule has 1 N–H and O–H groups in total. The Bertz CT molecular complexity index is 1080. The number of aryl methyl sites for hydroxylation is 2. The zero-order valence-corrected chi connectivity index (χ0v) is 15.8. The van der Waals surface area contributed by atoms with Crippen LogP contribution in [0.5, 0.6) is 0 Å². The number of benzene rings is 2. The number of hydrogen-bond acceptors (Lipinski definition) is 4. The molecule has 0 aliphatic rings. The highest BCUT2D eigenvalue weighted by molar-refractivity contribution is 7.19. The van der Waals surface area contributed by atoms with E-state index >= 15 is 0 Å². The van der Waals surface area contributed by atoms with E-state index in [1.165, 1.54) is 11.3 Å². The van der Waals surface area contributed by atoms with Gasteiger partial charge in [-0.15, -0.1) is 0 Å². The first-order chi connectivity index (χ1) is 13.1. The predicted molar refractivity (Wildman–Crippen MR) is 109 cm³/mol. The van der Waals surface area contributed by atoms with E-state index in [4.69, 9.17) is 0 Å². The van der Waals surface area contributed by atoms with Gasteiger partial charge in [0.25, 0.3) is 5.91 Å². The molecular weight excluding hydrogens is 356 g/mol. The number of carbonyl (C=O) groups excluding carboxylic acids is 1. The van der Waals surface area contributed by atoms with Crippen LogP contribution in [-0.2, 0) is 0 Å².